The zero-order valence-electron chi connectivity index (χ0n) is 9.46. The molecule has 1 amide bonds. The van der Waals surface area contributed by atoms with E-state index in [1.807, 2.05) is 30.3 Å². The van der Waals surface area contributed by atoms with E-state index in [2.05, 4.69) is 5.32 Å². The Bertz CT molecular complexity index is 433. The van der Waals surface area contributed by atoms with E-state index in [1.54, 1.807) is 6.92 Å². The van der Waals surface area contributed by atoms with Gasteiger partial charge in [0.05, 0.1) is 12.6 Å². The largest absolute Gasteiger partial charge is 0.391 e. The number of aliphatic hydroxyl groups excluding tert-OH is 1. The van der Waals surface area contributed by atoms with Crippen LogP contribution in [0.5, 0.6) is 0 Å². The van der Waals surface area contributed by atoms with Gasteiger partial charge in [-0.25, -0.2) is 0 Å². The van der Waals surface area contributed by atoms with Crippen LogP contribution in [-0.4, -0.2) is 33.2 Å². The highest BCUT2D eigenvalue weighted by Gasteiger charge is 2.37. The average Bonchev–Trinajstić information content (AvgIpc) is 2.58. The van der Waals surface area contributed by atoms with Gasteiger partial charge >= 0.3 is 0 Å². The van der Waals surface area contributed by atoms with Gasteiger partial charge in [-0.05, 0) is 24.7 Å². The molecule has 90 valence electrons. The number of hydrogen-bond acceptors (Lipinski definition) is 3. The van der Waals surface area contributed by atoms with Gasteiger partial charge in [0.2, 0.25) is 0 Å². The minimum Gasteiger partial charge on any atom is -0.391 e. The Hall–Kier alpha value is -1.46. The van der Waals surface area contributed by atoms with E-state index < -0.39 is 12.1 Å². The molecule has 0 saturated carbocycles. The molecule has 1 fully saturated rings. The number of aliphatic hydroxyl groups is 1. The minimum absolute atomic E-state index is 0.172. The summed E-state index contributed by atoms with van der Waals surface area (Å²) in [5.41, 5.74) is 1.01. The lowest BCUT2D eigenvalue weighted by atomic mass is 10.1. The van der Waals surface area contributed by atoms with Crippen LogP contribution >= 0.6 is 12.2 Å². The third kappa shape index (κ3) is 2.45. The Morgan fingerprint density at radius 2 is 2.12 bits per heavy atom. The number of amides is 1. The smallest absolute Gasteiger partial charge is 0.254 e. The Balaban J connectivity index is 2.12. The number of benzene rings is 1. The maximum atomic E-state index is 12.0. The SMILES string of the molecule is C[C@@H](O)[C@@H]1NC(=S)N(Cc2ccccc2)C1=O. The van der Waals surface area contributed by atoms with Gasteiger partial charge in [0.25, 0.3) is 5.91 Å². The van der Waals surface area contributed by atoms with Crippen molar-refractivity contribution in [1.29, 1.82) is 0 Å². The Morgan fingerprint density at radius 3 is 2.65 bits per heavy atom. The second-order valence-corrected chi connectivity index (χ2v) is 4.46. The molecule has 1 aliphatic rings. The van der Waals surface area contributed by atoms with Crippen LogP contribution in [-0.2, 0) is 11.3 Å². The molecule has 1 aromatic rings. The minimum atomic E-state index is -0.749. The summed E-state index contributed by atoms with van der Waals surface area (Å²) in [7, 11) is 0. The van der Waals surface area contributed by atoms with Crippen LogP contribution in [0.15, 0.2) is 30.3 Å². The van der Waals surface area contributed by atoms with Crippen LogP contribution in [0.4, 0.5) is 0 Å². The van der Waals surface area contributed by atoms with Gasteiger partial charge in [0.15, 0.2) is 5.11 Å². The topological polar surface area (TPSA) is 52.6 Å². The quantitative estimate of drug-likeness (QED) is 0.774. The van der Waals surface area contributed by atoms with Crippen LogP contribution in [0.1, 0.15) is 12.5 Å². The van der Waals surface area contributed by atoms with Gasteiger partial charge in [-0.15, -0.1) is 0 Å². The average molecular weight is 250 g/mol. The van der Waals surface area contributed by atoms with Crippen LogP contribution in [0, 0.1) is 0 Å². The van der Waals surface area contributed by atoms with Crippen molar-refractivity contribution in [2.75, 3.05) is 0 Å². The molecule has 5 heteroatoms. The van der Waals surface area contributed by atoms with Crippen molar-refractivity contribution in [3.8, 4) is 0 Å². The van der Waals surface area contributed by atoms with E-state index >= 15 is 0 Å². The molecular weight excluding hydrogens is 236 g/mol. The third-order valence-corrected chi connectivity index (χ3v) is 3.06. The van der Waals surface area contributed by atoms with Gasteiger partial charge in [0.1, 0.15) is 6.04 Å². The number of nitrogens with zero attached hydrogens (tertiary/aromatic N) is 1. The summed E-state index contributed by atoms with van der Waals surface area (Å²) in [5, 5.41) is 12.7. The summed E-state index contributed by atoms with van der Waals surface area (Å²) < 4.78 is 0. The first-order valence-electron chi connectivity index (χ1n) is 5.43. The first kappa shape index (κ1) is 12.0. The van der Waals surface area contributed by atoms with E-state index in [-0.39, 0.29) is 5.91 Å². The number of hydrogen-bond donors (Lipinski definition) is 2. The van der Waals surface area contributed by atoms with E-state index in [0.29, 0.717) is 11.7 Å². The molecule has 0 aliphatic carbocycles. The van der Waals surface area contributed by atoms with Crippen molar-refractivity contribution < 1.29 is 9.90 Å². The van der Waals surface area contributed by atoms with E-state index in [9.17, 15) is 9.90 Å². The Morgan fingerprint density at radius 1 is 1.47 bits per heavy atom. The summed E-state index contributed by atoms with van der Waals surface area (Å²) in [4.78, 5) is 13.5. The first-order valence-corrected chi connectivity index (χ1v) is 5.84. The monoisotopic (exact) mass is 250 g/mol. The molecule has 1 aliphatic heterocycles. The lowest BCUT2D eigenvalue weighted by Gasteiger charge is -2.15. The normalized spacial score (nSPS) is 21.5. The standard InChI is InChI=1S/C12H14N2O2S/c1-8(15)10-11(16)14(12(17)13-10)7-9-5-3-2-4-6-9/h2-6,8,10,15H,7H2,1H3,(H,13,17)/t8-,10+/m1/s1. The highest BCUT2D eigenvalue weighted by molar-refractivity contribution is 7.80. The molecule has 17 heavy (non-hydrogen) atoms. The molecule has 0 bridgehead atoms. The van der Waals surface area contributed by atoms with Crippen molar-refractivity contribution in [3.63, 3.8) is 0 Å². The highest BCUT2D eigenvalue weighted by Crippen LogP contribution is 2.14. The second kappa shape index (κ2) is 4.81. The van der Waals surface area contributed by atoms with Crippen molar-refractivity contribution in [3.05, 3.63) is 35.9 Å². The van der Waals surface area contributed by atoms with Crippen molar-refractivity contribution in [1.82, 2.24) is 10.2 Å². The molecule has 2 atom stereocenters. The number of carbonyl (C=O) groups excluding carboxylic acids is 1. The fraction of sp³-hybridized carbons (Fsp3) is 0.333. The van der Waals surface area contributed by atoms with Crippen LogP contribution in [0.3, 0.4) is 0 Å². The first-order chi connectivity index (χ1) is 8.09. The molecule has 1 saturated heterocycles. The van der Waals surface area contributed by atoms with Crippen LogP contribution in [0.2, 0.25) is 0 Å². The molecule has 4 nitrogen and oxygen atoms in total. The summed E-state index contributed by atoms with van der Waals surface area (Å²) in [5.74, 6) is -0.172. The Kier molecular flexibility index (Phi) is 3.40. The summed E-state index contributed by atoms with van der Waals surface area (Å²) in [6, 6.07) is 9.00. The second-order valence-electron chi connectivity index (χ2n) is 4.08. The molecule has 0 aromatic heterocycles. The van der Waals surface area contributed by atoms with Gasteiger partial charge in [-0.2, -0.15) is 0 Å². The van der Waals surface area contributed by atoms with Gasteiger partial charge < -0.3 is 10.4 Å². The van der Waals surface area contributed by atoms with Gasteiger partial charge in [-0.1, -0.05) is 30.3 Å². The predicted molar refractivity (Wildman–Crippen MR) is 68.2 cm³/mol. The van der Waals surface area contributed by atoms with E-state index in [4.69, 9.17) is 12.2 Å². The van der Waals surface area contributed by atoms with Gasteiger partial charge in [0, 0.05) is 0 Å². The molecule has 1 heterocycles. The lowest BCUT2D eigenvalue weighted by molar-refractivity contribution is -0.129. The van der Waals surface area contributed by atoms with E-state index in [0.717, 1.165) is 5.56 Å². The van der Waals surface area contributed by atoms with Crippen molar-refractivity contribution in [2.45, 2.75) is 25.6 Å². The molecule has 0 radical (unpaired) electrons. The van der Waals surface area contributed by atoms with Gasteiger partial charge in [-0.3, -0.25) is 9.69 Å². The summed E-state index contributed by atoms with van der Waals surface area (Å²) in [6.07, 6.45) is -0.749. The van der Waals surface area contributed by atoms with E-state index in [1.165, 1.54) is 4.90 Å². The number of rotatable bonds is 3. The zero-order valence-corrected chi connectivity index (χ0v) is 10.3. The van der Waals surface area contributed by atoms with Crippen LogP contribution < -0.4 is 5.32 Å². The molecule has 2 rings (SSSR count). The third-order valence-electron chi connectivity index (χ3n) is 2.72. The number of carbonyl (C=O) groups is 1. The molecule has 0 unspecified atom stereocenters. The molecule has 0 spiro atoms. The fourth-order valence-electron chi connectivity index (χ4n) is 1.78. The summed E-state index contributed by atoms with van der Waals surface area (Å²) in [6.45, 7) is 2.01. The number of nitrogens with one attached hydrogen (secondary N) is 1. The lowest BCUT2D eigenvalue weighted by Crippen LogP contribution is -2.39. The fourth-order valence-corrected chi connectivity index (χ4v) is 2.06. The van der Waals surface area contributed by atoms with Crippen molar-refractivity contribution >= 4 is 23.2 Å². The van der Waals surface area contributed by atoms with Crippen LogP contribution in [0.25, 0.3) is 0 Å². The maximum absolute atomic E-state index is 12.0. The molecule has 2 N–H and O–H groups in total. The van der Waals surface area contributed by atoms with Crippen molar-refractivity contribution in [2.24, 2.45) is 0 Å². The molecular formula is C12H14N2O2S. The molecule has 1 aromatic carbocycles. The number of thiocarbonyl (C=S) groups is 1. The highest BCUT2D eigenvalue weighted by atomic mass is 32.1. The Labute approximate surface area is 105 Å². The maximum Gasteiger partial charge on any atom is 0.254 e. The zero-order chi connectivity index (χ0) is 12.4. The summed E-state index contributed by atoms with van der Waals surface area (Å²) >= 11 is 5.10. The predicted octanol–water partition coefficient (Wildman–Crippen LogP) is 0.653.